The zero-order valence-corrected chi connectivity index (χ0v) is 14.0. The number of rotatable bonds is 4. The van der Waals surface area contributed by atoms with E-state index in [1.807, 2.05) is 28.3 Å². The lowest BCUT2D eigenvalue weighted by molar-refractivity contribution is -0.133. The highest BCUT2D eigenvalue weighted by molar-refractivity contribution is 7.14. The summed E-state index contributed by atoms with van der Waals surface area (Å²) < 4.78 is 5.23. The summed E-state index contributed by atoms with van der Waals surface area (Å²) in [6.45, 7) is 0. The Bertz CT molecular complexity index is 882. The van der Waals surface area contributed by atoms with Crippen LogP contribution in [0, 0.1) is 11.3 Å². The van der Waals surface area contributed by atoms with Crippen LogP contribution in [0.2, 0.25) is 5.02 Å². The summed E-state index contributed by atoms with van der Waals surface area (Å²) in [7, 11) is 0. The molecule has 1 aromatic carbocycles. The molecule has 0 amide bonds. The average molecular weight is 361 g/mol. The minimum Gasteiger partial charge on any atom is -0.425 e. The van der Waals surface area contributed by atoms with E-state index in [9.17, 15) is 4.79 Å². The third-order valence-electron chi connectivity index (χ3n) is 2.93. The van der Waals surface area contributed by atoms with Crippen LogP contribution in [0.1, 0.15) is 11.3 Å². The maximum atomic E-state index is 12.0. The third kappa shape index (κ3) is 3.77. The molecule has 0 radical (unpaired) electrons. The van der Waals surface area contributed by atoms with Crippen LogP contribution in [0.4, 0.5) is 0 Å². The van der Waals surface area contributed by atoms with Gasteiger partial charge in [0, 0.05) is 16.3 Å². The first-order valence-electron chi connectivity index (χ1n) is 6.53. The van der Waals surface area contributed by atoms with Crippen LogP contribution in [0.3, 0.4) is 0 Å². The van der Waals surface area contributed by atoms with E-state index in [2.05, 4.69) is 4.98 Å². The van der Waals surface area contributed by atoms with Gasteiger partial charge in [0.2, 0.25) is 0 Å². The van der Waals surface area contributed by atoms with E-state index in [1.165, 1.54) is 23.5 Å². The molecular formula is C16H9ClN2O2S2. The largest absolute Gasteiger partial charge is 0.425 e. The molecule has 0 N–H and O–H groups in total. The first kappa shape index (κ1) is 15.7. The molecule has 0 spiro atoms. The first-order chi connectivity index (χ1) is 11.2. The summed E-state index contributed by atoms with van der Waals surface area (Å²) in [4.78, 5) is 16.4. The summed E-state index contributed by atoms with van der Waals surface area (Å²) in [6.07, 6.45) is 0.0664. The highest BCUT2D eigenvalue weighted by atomic mass is 35.5. The van der Waals surface area contributed by atoms with Crippen molar-refractivity contribution < 1.29 is 9.53 Å². The van der Waals surface area contributed by atoms with Crippen molar-refractivity contribution in [3.63, 3.8) is 0 Å². The quantitative estimate of drug-likeness (QED) is 0.506. The van der Waals surface area contributed by atoms with Crippen LogP contribution in [0.15, 0.2) is 40.4 Å². The third-order valence-corrected chi connectivity index (χ3v) is 4.85. The van der Waals surface area contributed by atoms with Gasteiger partial charge in [-0.3, -0.25) is 4.79 Å². The number of hydrogen-bond donors (Lipinski definition) is 0. The number of thiophene rings is 1. The minimum absolute atomic E-state index is 0.0664. The van der Waals surface area contributed by atoms with E-state index in [4.69, 9.17) is 21.6 Å². The molecule has 7 heteroatoms. The maximum absolute atomic E-state index is 12.0. The molecule has 23 heavy (non-hydrogen) atoms. The molecule has 0 saturated heterocycles. The lowest BCUT2D eigenvalue weighted by Gasteiger charge is -2.05. The standard InChI is InChI=1S/C16H9ClN2O2S2/c17-13-5-10(7-18)1-2-14(13)21-15(20)6-12-9-23-16(19-12)11-3-4-22-8-11/h1-5,8-9H,6H2. The number of carbonyl (C=O) groups excluding carboxylic acids is 1. The van der Waals surface area contributed by atoms with Crippen molar-refractivity contribution in [3.05, 3.63) is 56.7 Å². The molecule has 0 fully saturated rings. The summed E-state index contributed by atoms with van der Waals surface area (Å²) in [5, 5.41) is 15.7. The van der Waals surface area contributed by atoms with Crippen molar-refractivity contribution in [1.29, 1.82) is 5.26 Å². The molecule has 0 aliphatic rings. The van der Waals surface area contributed by atoms with Crippen LogP contribution >= 0.6 is 34.3 Å². The summed E-state index contributed by atoms with van der Waals surface area (Å²) in [6, 6.07) is 8.48. The predicted octanol–water partition coefficient (Wildman–Crippen LogP) is 4.54. The molecule has 0 bridgehead atoms. The van der Waals surface area contributed by atoms with Gasteiger partial charge in [0.05, 0.1) is 28.8 Å². The smallest absolute Gasteiger partial charge is 0.317 e. The number of halogens is 1. The zero-order chi connectivity index (χ0) is 16.2. The first-order valence-corrected chi connectivity index (χ1v) is 8.73. The molecule has 0 aliphatic heterocycles. The Kier molecular flexibility index (Phi) is 4.72. The Hall–Kier alpha value is -2.20. The van der Waals surface area contributed by atoms with Crippen LogP contribution in [0.25, 0.3) is 10.6 Å². The van der Waals surface area contributed by atoms with Gasteiger partial charge < -0.3 is 4.74 Å². The van der Waals surface area contributed by atoms with Gasteiger partial charge in [-0.1, -0.05) is 11.6 Å². The van der Waals surface area contributed by atoms with Gasteiger partial charge in [0.15, 0.2) is 0 Å². The summed E-state index contributed by atoms with van der Waals surface area (Å²) in [5.41, 5.74) is 2.12. The fourth-order valence-electron chi connectivity index (χ4n) is 1.87. The zero-order valence-electron chi connectivity index (χ0n) is 11.7. The normalized spacial score (nSPS) is 10.3. The molecular weight excluding hydrogens is 352 g/mol. The number of hydrogen-bond acceptors (Lipinski definition) is 6. The molecule has 0 aliphatic carbocycles. The monoisotopic (exact) mass is 360 g/mol. The summed E-state index contributed by atoms with van der Waals surface area (Å²) in [5.74, 6) is -0.206. The van der Waals surface area contributed by atoms with Gasteiger partial charge >= 0.3 is 5.97 Å². The molecule has 0 atom stereocenters. The Morgan fingerprint density at radius 1 is 1.35 bits per heavy atom. The van der Waals surface area contributed by atoms with Crippen LogP contribution in [-0.2, 0) is 11.2 Å². The van der Waals surface area contributed by atoms with Crippen LogP contribution in [-0.4, -0.2) is 11.0 Å². The number of carbonyl (C=O) groups is 1. The number of esters is 1. The van der Waals surface area contributed by atoms with Gasteiger partial charge in [-0.15, -0.1) is 11.3 Å². The average Bonchev–Trinajstić information content (AvgIpc) is 3.20. The Morgan fingerprint density at radius 3 is 2.91 bits per heavy atom. The molecule has 2 heterocycles. The van der Waals surface area contributed by atoms with Crippen molar-refractivity contribution in [1.82, 2.24) is 4.98 Å². The lowest BCUT2D eigenvalue weighted by atomic mass is 10.2. The SMILES string of the molecule is N#Cc1ccc(OC(=O)Cc2csc(-c3ccsc3)n2)c(Cl)c1. The van der Waals surface area contributed by atoms with Crippen molar-refractivity contribution in [2.75, 3.05) is 0 Å². The number of thiazole rings is 1. The number of aromatic nitrogens is 1. The molecule has 114 valence electrons. The molecule has 4 nitrogen and oxygen atoms in total. The van der Waals surface area contributed by atoms with Gasteiger partial charge in [-0.25, -0.2) is 4.98 Å². The maximum Gasteiger partial charge on any atom is 0.317 e. The molecule has 0 unspecified atom stereocenters. The Morgan fingerprint density at radius 2 is 2.22 bits per heavy atom. The van der Waals surface area contributed by atoms with E-state index >= 15 is 0 Å². The van der Waals surface area contributed by atoms with Crippen molar-refractivity contribution in [3.8, 4) is 22.4 Å². The molecule has 3 aromatic rings. The highest BCUT2D eigenvalue weighted by Crippen LogP contribution is 2.27. The second-order valence-electron chi connectivity index (χ2n) is 4.56. The second-order valence-corrected chi connectivity index (χ2v) is 6.61. The highest BCUT2D eigenvalue weighted by Gasteiger charge is 2.13. The molecule has 0 saturated carbocycles. The van der Waals surface area contributed by atoms with Crippen molar-refractivity contribution in [2.45, 2.75) is 6.42 Å². The topological polar surface area (TPSA) is 63.0 Å². The van der Waals surface area contributed by atoms with Gasteiger partial charge in [-0.2, -0.15) is 16.6 Å². The predicted molar refractivity (Wildman–Crippen MR) is 90.9 cm³/mol. The van der Waals surface area contributed by atoms with Crippen molar-refractivity contribution >= 4 is 40.2 Å². The van der Waals surface area contributed by atoms with Gasteiger partial charge in [0.1, 0.15) is 10.8 Å². The molecule has 3 rings (SSSR count). The van der Waals surface area contributed by atoms with Gasteiger partial charge in [0.25, 0.3) is 0 Å². The van der Waals surface area contributed by atoms with E-state index in [0.29, 0.717) is 11.3 Å². The van der Waals surface area contributed by atoms with Gasteiger partial charge in [-0.05, 0) is 29.6 Å². The van der Waals surface area contributed by atoms with Crippen molar-refractivity contribution in [2.24, 2.45) is 0 Å². The van der Waals surface area contributed by atoms with E-state index in [1.54, 1.807) is 17.4 Å². The summed E-state index contributed by atoms with van der Waals surface area (Å²) >= 11 is 9.08. The van der Waals surface area contributed by atoms with E-state index in [0.717, 1.165) is 10.6 Å². The second kappa shape index (κ2) is 6.92. The fraction of sp³-hybridized carbons (Fsp3) is 0.0625. The van der Waals surface area contributed by atoms with Crippen LogP contribution in [0.5, 0.6) is 5.75 Å². The van der Waals surface area contributed by atoms with E-state index in [-0.39, 0.29) is 17.2 Å². The fourth-order valence-corrected chi connectivity index (χ4v) is 3.62. The number of nitriles is 1. The number of benzene rings is 1. The van der Waals surface area contributed by atoms with Crippen LogP contribution < -0.4 is 4.74 Å². The van der Waals surface area contributed by atoms with E-state index < -0.39 is 5.97 Å². The number of nitrogens with zero attached hydrogens (tertiary/aromatic N) is 2. The Labute approximate surface area is 145 Å². The molecule has 2 aromatic heterocycles. The number of ether oxygens (including phenoxy) is 1. The Balaban J connectivity index is 1.67. The minimum atomic E-state index is -0.446. The lowest BCUT2D eigenvalue weighted by Crippen LogP contribution is -2.11.